The van der Waals surface area contributed by atoms with Crippen molar-refractivity contribution in [3.05, 3.63) is 77.4 Å². The number of hydrogen-bond donors (Lipinski definition) is 4. The van der Waals surface area contributed by atoms with Gasteiger partial charge in [0, 0.05) is 60.9 Å². The number of anilines is 4. The number of piperazine rings is 1. The monoisotopic (exact) mass is 834 g/mol. The maximum absolute atomic E-state index is 13.8. The molecule has 0 radical (unpaired) electrons. The Morgan fingerprint density at radius 1 is 1.02 bits per heavy atom. The number of carbonyl (C=O) groups is 4. The maximum Gasteiger partial charge on any atom is 0.417 e. The Labute approximate surface area is 347 Å². The number of aryl methyl sites for hydroxylation is 1. The average molecular weight is 835 g/mol. The number of benzene rings is 3. The Bertz CT molecular complexity index is 2130. The minimum absolute atomic E-state index is 0.0100. The summed E-state index contributed by atoms with van der Waals surface area (Å²) in [5.41, 5.74) is -0.955. The minimum Gasteiger partial charge on any atom is -0.492 e. The second-order valence-electron chi connectivity index (χ2n) is 15.7. The quantitative estimate of drug-likeness (QED) is 0.134. The number of halogens is 3. The Balaban J connectivity index is 1.03. The van der Waals surface area contributed by atoms with Gasteiger partial charge >= 0.3 is 6.18 Å². The maximum atomic E-state index is 13.8. The third-order valence-corrected chi connectivity index (χ3v) is 11.6. The summed E-state index contributed by atoms with van der Waals surface area (Å²) in [6.45, 7) is 12.3. The zero-order valence-electron chi connectivity index (χ0n) is 33.6. The molecule has 3 saturated heterocycles. The molecule has 0 aromatic heterocycles. The number of hydrogen-bond acceptors (Lipinski definition) is 11. The van der Waals surface area contributed by atoms with Crippen LogP contribution >= 0.6 is 12.6 Å². The lowest BCUT2D eigenvalue weighted by atomic mass is 10.0. The molecular weight excluding hydrogens is 786 g/mol. The molecule has 3 aromatic rings. The number of amides is 4. The predicted octanol–water partition coefficient (Wildman–Crippen LogP) is 5.61. The zero-order chi connectivity index (χ0) is 42.8. The smallest absolute Gasteiger partial charge is 0.417 e. The highest BCUT2D eigenvalue weighted by molar-refractivity contribution is 7.81. The second kappa shape index (κ2) is 17.5. The predicted molar refractivity (Wildman–Crippen MR) is 221 cm³/mol. The van der Waals surface area contributed by atoms with Gasteiger partial charge in [0.25, 0.3) is 5.91 Å². The van der Waals surface area contributed by atoms with Crippen molar-refractivity contribution >= 4 is 59.0 Å². The van der Waals surface area contributed by atoms with Crippen molar-refractivity contribution in [2.45, 2.75) is 89.2 Å². The van der Waals surface area contributed by atoms with Crippen LogP contribution in [-0.4, -0.2) is 95.4 Å². The van der Waals surface area contributed by atoms with Crippen molar-refractivity contribution < 1.29 is 37.1 Å². The van der Waals surface area contributed by atoms with Crippen LogP contribution in [0.3, 0.4) is 0 Å². The fraction of sp³-hybridized carbons (Fsp3) is 0.452. The first-order valence-corrected chi connectivity index (χ1v) is 20.1. The van der Waals surface area contributed by atoms with Crippen molar-refractivity contribution in [1.82, 2.24) is 15.1 Å². The van der Waals surface area contributed by atoms with E-state index in [2.05, 4.69) is 39.6 Å². The summed E-state index contributed by atoms with van der Waals surface area (Å²) >= 11 is 4.73. The highest BCUT2D eigenvalue weighted by Crippen LogP contribution is 2.43. The van der Waals surface area contributed by atoms with Gasteiger partial charge in [-0.15, -0.1) is 12.6 Å². The van der Waals surface area contributed by atoms with E-state index < -0.39 is 40.3 Å². The lowest BCUT2D eigenvalue weighted by Gasteiger charge is -2.44. The average Bonchev–Trinajstić information content (AvgIpc) is 3.35. The molecule has 59 heavy (non-hydrogen) atoms. The summed E-state index contributed by atoms with van der Waals surface area (Å²) in [5.74, 6) is -0.565. The van der Waals surface area contributed by atoms with Crippen molar-refractivity contribution in [2.75, 3.05) is 53.2 Å². The first-order chi connectivity index (χ1) is 27.9. The van der Waals surface area contributed by atoms with Gasteiger partial charge in [-0.1, -0.05) is 13.0 Å². The van der Waals surface area contributed by atoms with Crippen LogP contribution in [0.1, 0.15) is 64.2 Å². The second-order valence-corrected chi connectivity index (χ2v) is 16.2. The van der Waals surface area contributed by atoms with Crippen LogP contribution in [-0.2, 0) is 31.8 Å². The number of nitriles is 1. The molecule has 4 atom stereocenters. The number of ether oxygens (including phenoxy) is 1. The van der Waals surface area contributed by atoms with E-state index in [4.69, 9.17) is 17.4 Å². The molecular formula is C42H49F3N8O5S. The minimum atomic E-state index is -4.78. The number of rotatable bonds is 12. The summed E-state index contributed by atoms with van der Waals surface area (Å²) in [6, 6.07) is 17.1. The van der Waals surface area contributed by atoms with E-state index in [1.807, 2.05) is 25.1 Å². The summed E-state index contributed by atoms with van der Waals surface area (Å²) in [6.07, 6.45) is -3.50. The van der Waals surface area contributed by atoms with Gasteiger partial charge in [0.2, 0.25) is 17.7 Å². The Morgan fingerprint density at radius 2 is 1.71 bits per heavy atom. The standard InChI is InChI=1S/C42H49F3N8O5S/c1-6-27-18-32(53-40(59)52(39(57)41(53,4)5)31-11-10-28(21-46)33(20-31)42(43,44)45)12-14-35(27)58-17-16-50-22-25(2)51(26(3)23-50)24-37(55)48-30-9-7-8-29(19-30)47-34-13-15-36(54)49-38(34)56/h7-12,14,18-20,25-26,34,40,47,59H,6,13,15-17,22-24H2,1-5H3,(H,48,55)(H,49,54,56)/t25-,26-,34?,40+/m0/s1. The van der Waals surface area contributed by atoms with Crippen molar-refractivity contribution in [3.63, 3.8) is 0 Å². The number of nitrogens with zero attached hydrogens (tertiary/aromatic N) is 5. The van der Waals surface area contributed by atoms with E-state index >= 15 is 0 Å². The van der Waals surface area contributed by atoms with Gasteiger partial charge < -0.3 is 20.3 Å². The van der Waals surface area contributed by atoms with Crippen molar-refractivity contribution in [1.29, 1.82) is 5.26 Å². The summed E-state index contributed by atoms with van der Waals surface area (Å²) in [5, 5.41) is 17.7. The summed E-state index contributed by atoms with van der Waals surface area (Å²) in [7, 11) is 0. The van der Waals surface area contributed by atoms with Crippen LogP contribution in [0.4, 0.5) is 35.9 Å². The van der Waals surface area contributed by atoms with Crippen molar-refractivity contribution in [3.8, 4) is 11.8 Å². The number of imide groups is 1. The van der Waals surface area contributed by atoms with Crippen LogP contribution in [0.15, 0.2) is 60.7 Å². The van der Waals surface area contributed by atoms with E-state index in [1.54, 1.807) is 49.1 Å². The Kier molecular flexibility index (Phi) is 12.8. The number of piperidine rings is 1. The SMILES string of the molecule is CCc1cc(N2[C@H](S)N(c3ccc(C#N)c(C(F)(F)F)c3)C(=O)C2(C)C)ccc1OCCN1C[C@H](C)N(CC(=O)Nc2cccc(NC3CCC(=O)NC3=O)c2)[C@@H](C)C1. The normalized spacial score (nSPS) is 22.5. The number of alkyl halides is 3. The van der Waals surface area contributed by atoms with E-state index in [1.165, 1.54) is 11.0 Å². The summed E-state index contributed by atoms with van der Waals surface area (Å²) in [4.78, 5) is 58.0. The molecule has 3 aromatic carbocycles. The zero-order valence-corrected chi connectivity index (χ0v) is 34.5. The van der Waals surface area contributed by atoms with E-state index in [-0.39, 0.29) is 48.5 Å². The molecule has 17 heteroatoms. The lowest BCUT2D eigenvalue weighted by molar-refractivity contribution is -0.138. The molecule has 3 aliphatic heterocycles. The fourth-order valence-corrected chi connectivity index (χ4v) is 8.75. The fourth-order valence-electron chi connectivity index (χ4n) is 8.09. The molecule has 0 bridgehead atoms. The first-order valence-electron chi connectivity index (χ1n) is 19.6. The molecule has 314 valence electrons. The highest BCUT2D eigenvalue weighted by Gasteiger charge is 2.52. The van der Waals surface area contributed by atoms with Gasteiger partial charge in [-0.3, -0.25) is 39.2 Å². The van der Waals surface area contributed by atoms with Gasteiger partial charge in [-0.05, 0) is 101 Å². The third-order valence-electron chi connectivity index (χ3n) is 11.1. The highest BCUT2D eigenvalue weighted by atomic mass is 32.1. The molecule has 0 saturated carbocycles. The van der Waals surface area contributed by atoms with Crippen LogP contribution in [0.25, 0.3) is 0 Å². The number of nitrogens with one attached hydrogen (secondary N) is 3. The van der Waals surface area contributed by atoms with Crippen LogP contribution in [0.2, 0.25) is 0 Å². The van der Waals surface area contributed by atoms with Crippen LogP contribution < -0.4 is 30.5 Å². The third kappa shape index (κ3) is 9.45. The first kappa shape index (κ1) is 43.3. The molecule has 0 spiro atoms. The number of thiol groups is 1. The number of carbonyl (C=O) groups excluding carboxylic acids is 4. The van der Waals surface area contributed by atoms with Gasteiger partial charge in [-0.2, -0.15) is 18.4 Å². The van der Waals surface area contributed by atoms with Gasteiger partial charge in [0.15, 0.2) is 5.50 Å². The lowest BCUT2D eigenvalue weighted by Crippen LogP contribution is -2.58. The Hall–Kier alpha value is -5.31. The van der Waals surface area contributed by atoms with E-state index in [0.29, 0.717) is 48.8 Å². The van der Waals surface area contributed by atoms with E-state index in [9.17, 15) is 37.6 Å². The molecule has 0 aliphatic carbocycles. The molecule has 13 nitrogen and oxygen atoms in total. The molecule has 3 heterocycles. The van der Waals surface area contributed by atoms with E-state index in [0.717, 1.165) is 30.8 Å². The van der Waals surface area contributed by atoms with Crippen LogP contribution in [0, 0.1) is 11.3 Å². The topological polar surface area (TPSA) is 150 Å². The molecule has 3 aliphatic rings. The Morgan fingerprint density at radius 3 is 2.37 bits per heavy atom. The molecule has 1 unspecified atom stereocenters. The van der Waals surface area contributed by atoms with Crippen molar-refractivity contribution in [2.24, 2.45) is 0 Å². The molecule has 3 N–H and O–H groups in total. The summed E-state index contributed by atoms with van der Waals surface area (Å²) < 4.78 is 47.7. The van der Waals surface area contributed by atoms with Gasteiger partial charge in [0.1, 0.15) is 23.9 Å². The molecule has 6 rings (SSSR count). The largest absolute Gasteiger partial charge is 0.492 e. The van der Waals surface area contributed by atoms with Gasteiger partial charge in [0.05, 0.1) is 23.7 Å². The molecule has 4 amide bonds. The molecule has 3 fully saturated rings. The van der Waals surface area contributed by atoms with Gasteiger partial charge in [-0.25, -0.2) is 0 Å². The van der Waals surface area contributed by atoms with Crippen LogP contribution in [0.5, 0.6) is 5.75 Å².